The molecule has 0 aliphatic carbocycles. The summed E-state index contributed by atoms with van der Waals surface area (Å²) < 4.78 is 10.7. The molecule has 8 heteroatoms. The van der Waals surface area contributed by atoms with E-state index in [0.29, 0.717) is 23.6 Å². The molecule has 1 saturated heterocycles. The highest BCUT2D eigenvalue weighted by Gasteiger charge is 2.25. The van der Waals surface area contributed by atoms with Crippen LogP contribution < -0.4 is 25.0 Å². The number of amides is 1. The van der Waals surface area contributed by atoms with E-state index in [4.69, 9.17) is 9.47 Å². The predicted molar refractivity (Wildman–Crippen MR) is 118 cm³/mol. The summed E-state index contributed by atoms with van der Waals surface area (Å²) in [6, 6.07) is 13.2. The fourth-order valence-electron chi connectivity index (χ4n) is 3.61. The molecule has 2 heterocycles. The van der Waals surface area contributed by atoms with Crippen LogP contribution >= 0.6 is 0 Å². The van der Waals surface area contributed by atoms with Gasteiger partial charge in [-0.2, -0.15) is 0 Å². The normalized spacial score (nSPS) is 15.9. The first-order chi connectivity index (χ1) is 15.2. The number of nitrogens with one attached hydrogen (secondary N) is 2. The number of nitrogens with zero attached hydrogens (tertiary/aromatic N) is 3. The van der Waals surface area contributed by atoms with Gasteiger partial charge in [0.25, 0.3) is 5.91 Å². The molecule has 160 valence electrons. The third-order valence-corrected chi connectivity index (χ3v) is 5.25. The maximum absolute atomic E-state index is 12.9. The summed E-state index contributed by atoms with van der Waals surface area (Å²) in [4.78, 5) is 23.4. The van der Waals surface area contributed by atoms with Crippen molar-refractivity contribution in [2.75, 3.05) is 38.8 Å². The van der Waals surface area contributed by atoms with Crippen molar-refractivity contribution in [1.29, 1.82) is 0 Å². The SMILES string of the molecule is COc1ccc(-c2ccc(C(=O)NC3CNCCN3c3cnccn3)cc2)cc1OC. The van der Waals surface area contributed by atoms with Crippen LogP contribution in [0.2, 0.25) is 0 Å². The summed E-state index contributed by atoms with van der Waals surface area (Å²) in [7, 11) is 3.22. The quantitative estimate of drug-likeness (QED) is 0.634. The lowest BCUT2D eigenvalue weighted by atomic mass is 10.0. The van der Waals surface area contributed by atoms with Gasteiger partial charge in [0.1, 0.15) is 12.0 Å². The minimum atomic E-state index is -0.205. The summed E-state index contributed by atoms with van der Waals surface area (Å²) in [6.07, 6.45) is 4.80. The highest BCUT2D eigenvalue weighted by atomic mass is 16.5. The number of anilines is 1. The van der Waals surface area contributed by atoms with Crippen LogP contribution in [0.4, 0.5) is 5.82 Å². The Kier molecular flexibility index (Phi) is 6.28. The van der Waals surface area contributed by atoms with Crippen LogP contribution in [0, 0.1) is 0 Å². The van der Waals surface area contributed by atoms with E-state index in [9.17, 15) is 4.79 Å². The Hall–Kier alpha value is -3.65. The highest BCUT2D eigenvalue weighted by molar-refractivity contribution is 5.95. The Morgan fingerprint density at radius 2 is 1.84 bits per heavy atom. The molecule has 2 aromatic carbocycles. The standard InChI is InChI=1S/C23H25N5O3/c1-30-19-8-7-18(13-20(19)31-2)16-3-5-17(6-4-16)23(29)27-22-15-25-11-12-28(22)21-14-24-9-10-26-21/h3-10,13-14,22,25H,11-12,15H2,1-2H3,(H,27,29). The van der Waals surface area contributed by atoms with Crippen LogP contribution in [0.1, 0.15) is 10.4 Å². The molecule has 2 N–H and O–H groups in total. The fraction of sp³-hybridized carbons (Fsp3) is 0.261. The molecule has 0 radical (unpaired) electrons. The lowest BCUT2D eigenvalue weighted by molar-refractivity contribution is 0.0932. The van der Waals surface area contributed by atoms with Gasteiger partial charge in [0.15, 0.2) is 11.5 Å². The summed E-state index contributed by atoms with van der Waals surface area (Å²) in [5, 5.41) is 6.41. The van der Waals surface area contributed by atoms with Crippen molar-refractivity contribution in [3.63, 3.8) is 0 Å². The zero-order valence-electron chi connectivity index (χ0n) is 17.5. The Morgan fingerprint density at radius 3 is 2.55 bits per heavy atom. The van der Waals surface area contributed by atoms with Crippen LogP contribution in [0.3, 0.4) is 0 Å². The smallest absolute Gasteiger partial charge is 0.252 e. The Bertz CT molecular complexity index is 1030. The number of hydrogen-bond acceptors (Lipinski definition) is 7. The van der Waals surface area contributed by atoms with Crippen LogP contribution in [-0.4, -0.2) is 55.9 Å². The monoisotopic (exact) mass is 419 g/mol. The van der Waals surface area contributed by atoms with E-state index in [1.165, 1.54) is 0 Å². The number of hydrogen-bond donors (Lipinski definition) is 2. The Balaban J connectivity index is 1.48. The third kappa shape index (κ3) is 4.59. The minimum absolute atomic E-state index is 0.138. The van der Waals surface area contributed by atoms with Gasteiger partial charge in [-0.15, -0.1) is 0 Å². The van der Waals surface area contributed by atoms with Crippen molar-refractivity contribution in [2.24, 2.45) is 0 Å². The second kappa shape index (κ2) is 9.44. The van der Waals surface area contributed by atoms with Gasteiger partial charge in [-0.3, -0.25) is 9.78 Å². The highest BCUT2D eigenvalue weighted by Crippen LogP contribution is 2.32. The molecule has 8 nitrogen and oxygen atoms in total. The lowest BCUT2D eigenvalue weighted by Crippen LogP contribution is -2.59. The maximum atomic E-state index is 12.9. The summed E-state index contributed by atoms with van der Waals surface area (Å²) in [5.41, 5.74) is 2.56. The zero-order valence-corrected chi connectivity index (χ0v) is 17.5. The molecule has 1 aliphatic heterocycles. The molecular weight excluding hydrogens is 394 g/mol. The van der Waals surface area contributed by atoms with E-state index in [1.807, 2.05) is 42.5 Å². The zero-order chi connectivity index (χ0) is 21.6. The van der Waals surface area contributed by atoms with Gasteiger partial charge < -0.3 is 25.0 Å². The van der Waals surface area contributed by atoms with Gasteiger partial charge in [0.05, 0.1) is 20.4 Å². The Labute approximate surface area is 181 Å². The molecule has 3 aromatic rings. The van der Waals surface area contributed by atoms with E-state index in [1.54, 1.807) is 32.8 Å². The van der Waals surface area contributed by atoms with Crippen molar-refractivity contribution in [3.8, 4) is 22.6 Å². The molecule has 1 unspecified atom stereocenters. The molecule has 1 aliphatic rings. The second-order valence-electron chi connectivity index (χ2n) is 7.10. The summed E-state index contributed by atoms with van der Waals surface area (Å²) in [5.74, 6) is 1.95. The fourth-order valence-corrected chi connectivity index (χ4v) is 3.61. The van der Waals surface area contributed by atoms with Crippen LogP contribution in [-0.2, 0) is 0 Å². The summed E-state index contributed by atoms with van der Waals surface area (Å²) >= 11 is 0. The largest absolute Gasteiger partial charge is 0.493 e. The first kappa shape index (κ1) is 20.6. The maximum Gasteiger partial charge on any atom is 0.252 e. The van der Waals surface area contributed by atoms with Gasteiger partial charge >= 0.3 is 0 Å². The van der Waals surface area contributed by atoms with Crippen LogP contribution in [0.5, 0.6) is 11.5 Å². The van der Waals surface area contributed by atoms with Crippen LogP contribution in [0.15, 0.2) is 61.1 Å². The van der Waals surface area contributed by atoms with Gasteiger partial charge in [-0.1, -0.05) is 18.2 Å². The predicted octanol–water partition coefficient (Wildman–Crippen LogP) is 2.33. The van der Waals surface area contributed by atoms with Crippen molar-refractivity contribution in [2.45, 2.75) is 6.17 Å². The molecular formula is C23H25N5O3. The van der Waals surface area contributed by atoms with E-state index in [0.717, 1.165) is 30.0 Å². The number of aromatic nitrogens is 2. The van der Waals surface area contributed by atoms with Crippen LogP contribution in [0.25, 0.3) is 11.1 Å². The average Bonchev–Trinajstić information content (AvgIpc) is 2.84. The molecule has 31 heavy (non-hydrogen) atoms. The van der Waals surface area contributed by atoms with Gasteiger partial charge in [-0.05, 0) is 35.4 Å². The average molecular weight is 419 g/mol. The van der Waals surface area contributed by atoms with Gasteiger partial charge in [0.2, 0.25) is 0 Å². The number of rotatable bonds is 6. The van der Waals surface area contributed by atoms with Gasteiger partial charge in [-0.25, -0.2) is 4.98 Å². The minimum Gasteiger partial charge on any atom is -0.493 e. The van der Waals surface area contributed by atoms with Crippen molar-refractivity contribution in [3.05, 3.63) is 66.6 Å². The molecule has 1 amide bonds. The first-order valence-corrected chi connectivity index (χ1v) is 10.1. The summed E-state index contributed by atoms with van der Waals surface area (Å²) in [6.45, 7) is 2.19. The number of benzene rings is 2. The number of methoxy groups -OCH3 is 2. The number of carbonyl (C=O) groups excluding carboxylic acids is 1. The topological polar surface area (TPSA) is 88.6 Å². The van der Waals surface area contributed by atoms with E-state index >= 15 is 0 Å². The number of ether oxygens (including phenoxy) is 2. The van der Waals surface area contributed by atoms with E-state index < -0.39 is 0 Å². The molecule has 1 aromatic heterocycles. The molecule has 0 spiro atoms. The number of piperazine rings is 1. The third-order valence-electron chi connectivity index (χ3n) is 5.25. The Morgan fingerprint density at radius 1 is 1.06 bits per heavy atom. The van der Waals surface area contributed by atoms with Crippen molar-refractivity contribution < 1.29 is 14.3 Å². The van der Waals surface area contributed by atoms with Crippen molar-refractivity contribution >= 4 is 11.7 Å². The second-order valence-corrected chi connectivity index (χ2v) is 7.10. The number of carbonyl (C=O) groups is 1. The van der Waals surface area contributed by atoms with E-state index in [-0.39, 0.29) is 12.1 Å². The van der Waals surface area contributed by atoms with E-state index in [2.05, 4.69) is 25.5 Å². The molecule has 1 atom stereocenters. The lowest BCUT2D eigenvalue weighted by Gasteiger charge is -2.37. The molecule has 0 saturated carbocycles. The van der Waals surface area contributed by atoms with Crippen molar-refractivity contribution in [1.82, 2.24) is 20.6 Å². The molecule has 0 bridgehead atoms. The first-order valence-electron chi connectivity index (χ1n) is 10.1. The van der Waals surface area contributed by atoms with Gasteiger partial charge in [0, 0.05) is 37.6 Å². The molecule has 4 rings (SSSR count). The molecule has 1 fully saturated rings.